The summed E-state index contributed by atoms with van der Waals surface area (Å²) in [7, 11) is 0. The molecule has 2 N–H and O–H groups in total. The second-order valence-corrected chi connectivity index (χ2v) is 7.65. The highest BCUT2D eigenvalue weighted by Crippen LogP contribution is 2.40. The molecule has 1 aliphatic heterocycles. The van der Waals surface area contributed by atoms with Gasteiger partial charge in [0.2, 0.25) is 0 Å². The Morgan fingerprint density at radius 1 is 0.917 bits per heavy atom. The molecule has 4 rings (SSSR count). The number of rotatable bonds is 3. The zero-order valence-electron chi connectivity index (χ0n) is 13.3. The summed E-state index contributed by atoms with van der Waals surface area (Å²) in [5, 5.41) is 3.27. The van der Waals surface area contributed by atoms with Gasteiger partial charge >= 0.3 is 0 Å². The number of hydrogen-bond acceptors (Lipinski definition) is 1. The van der Waals surface area contributed by atoms with Crippen LogP contribution < -0.4 is 5.32 Å². The van der Waals surface area contributed by atoms with Crippen molar-refractivity contribution in [2.24, 2.45) is 0 Å². The summed E-state index contributed by atoms with van der Waals surface area (Å²) >= 11 is 8.10. The molecule has 120 valence electrons. The molecule has 0 fully saturated rings. The van der Waals surface area contributed by atoms with Gasteiger partial charge < -0.3 is 5.32 Å². The average molecular weight is 353 g/mol. The van der Waals surface area contributed by atoms with Gasteiger partial charge in [0.1, 0.15) is 12.6 Å². The predicted octanol–water partition coefficient (Wildman–Crippen LogP) is 4.85. The first-order valence-corrected chi connectivity index (χ1v) is 9.41. The standard InChI is InChI=1S/C21H18ClNS/c22-17-10-11-20-16(12-17)13-19(18-8-4-5-9-21(18)24-20)23-14-15-6-2-1-3-7-15/h1-12,19,23H,13-14H2/p+1/t19-/m1/s1. The average Bonchev–Trinajstić information content (AvgIpc) is 2.77. The van der Waals surface area contributed by atoms with Crippen molar-refractivity contribution in [2.75, 3.05) is 0 Å². The van der Waals surface area contributed by atoms with Gasteiger partial charge in [-0.25, -0.2) is 0 Å². The summed E-state index contributed by atoms with van der Waals surface area (Å²) in [6, 6.07) is 26.1. The number of fused-ring (bicyclic) bond motifs is 2. The molecule has 0 unspecified atom stereocenters. The van der Waals surface area contributed by atoms with Crippen LogP contribution >= 0.6 is 23.4 Å². The van der Waals surface area contributed by atoms with Gasteiger partial charge in [0.25, 0.3) is 0 Å². The maximum Gasteiger partial charge on any atom is 0.117 e. The molecule has 3 aromatic rings. The molecule has 0 bridgehead atoms. The zero-order chi connectivity index (χ0) is 16.4. The van der Waals surface area contributed by atoms with Gasteiger partial charge in [0.05, 0.1) is 0 Å². The van der Waals surface area contributed by atoms with Crippen LogP contribution in [0.25, 0.3) is 0 Å². The zero-order valence-corrected chi connectivity index (χ0v) is 14.9. The second-order valence-electron chi connectivity index (χ2n) is 6.13. The van der Waals surface area contributed by atoms with E-state index < -0.39 is 0 Å². The normalized spacial score (nSPS) is 16.1. The Morgan fingerprint density at radius 3 is 2.58 bits per heavy atom. The minimum atomic E-state index is 0.411. The summed E-state index contributed by atoms with van der Waals surface area (Å²) in [4.78, 5) is 2.68. The molecule has 24 heavy (non-hydrogen) atoms. The fourth-order valence-corrected chi connectivity index (χ4v) is 4.58. The van der Waals surface area contributed by atoms with Crippen molar-refractivity contribution in [3.8, 4) is 0 Å². The van der Waals surface area contributed by atoms with E-state index in [-0.39, 0.29) is 0 Å². The minimum Gasteiger partial charge on any atom is -0.336 e. The van der Waals surface area contributed by atoms with Gasteiger partial charge in [-0.1, -0.05) is 71.9 Å². The largest absolute Gasteiger partial charge is 0.336 e. The Morgan fingerprint density at radius 2 is 1.71 bits per heavy atom. The summed E-state index contributed by atoms with van der Waals surface area (Å²) in [5.74, 6) is 0. The van der Waals surface area contributed by atoms with E-state index in [4.69, 9.17) is 11.6 Å². The van der Waals surface area contributed by atoms with Gasteiger partial charge in [-0.05, 0) is 29.8 Å². The van der Waals surface area contributed by atoms with E-state index in [1.165, 1.54) is 26.5 Å². The van der Waals surface area contributed by atoms with E-state index in [1.54, 1.807) is 0 Å². The molecule has 0 saturated carbocycles. The first kappa shape index (κ1) is 15.8. The van der Waals surface area contributed by atoms with Crippen LogP contribution in [-0.2, 0) is 13.0 Å². The van der Waals surface area contributed by atoms with Gasteiger partial charge in [-0.15, -0.1) is 0 Å². The molecular weight excluding hydrogens is 334 g/mol. The summed E-state index contributed by atoms with van der Waals surface area (Å²) in [6.45, 7) is 0.987. The molecule has 0 spiro atoms. The van der Waals surface area contributed by atoms with Crippen molar-refractivity contribution < 1.29 is 5.32 Å². The lowest BCUT2D eigenvalue weighted by molar-refractivity contribution is -0.711. The molecule has 0 aliphatic carbocycles. The predicted molar refractivity (Wildman–Crippen MR) is 101 cm³/mol. The Hall–Kier alpha value is -1.74. The molecule has 1 atom stereocenters. The molecule has 1 aliphatic rings. The van der Waals surface area contributed by atoms with Crippen molar-refractivity contribution in [3.05, 3.63) is 94.5 Å². The van der Waals surface area contributed by atoms with Crippen LogP contribution in [0.15, 0.2) is 82.6 Å². The van der Waals surface area contributed by atoms with Crippen molar-refractivity contribution in [2.45, 2.75) is 28.8 Å². The fourth-order valence-electron chi connectivity index (χ4n) is 3.25. The Balaban J connectivity index is 1.66. The Bertz CT molecular complexity index is 847. The molecule has 0 radical (unpaired) electrons. The SMILES string of the molecule is Clc1ccc2c(c1)C[C@@H]([NH2+]Cc1ccccc1)c1ccccc1S2. The van der Waals surface area contributed by atoms with E-state index >= 15 is 0 Å². The third kappa shape index (κ3) is 3.36. The van der Waals surface area contributed by atoms with Crippen LogP contribution in [0, 0.1) is 0 Å². The van der Waals surface area contributed by atoms with Crippen LogP contribution in [0.1, 0.15) is 22.7 Å². The van der Waals surface area contributed by atoms with Crippen LogP contribution in [0.2, 0.25) is 5.02 Å². The number of hydrogen-bond donors (Lipinski definition) is 1. The highest BCUT2D eigenvalue weighted by molar-refractivity contribution is 7.99. The fraction of sp³-hybridized carbons (Fsp3) is 0.143. The van der Waals surface area contributed by atoms with Crippen LogP contribution in [0.3, 0.4) is 0 Å². The van der Waals surface area contributed by atoms with Gasteiger partial charge in [0, 0.05) is 32.4 Å². The summed E-state index contributed by atoms with van der Waals surface area (Å²) < 4.78 is 0. The lowest BCUT2D eigenvalue weighted by atomic mass is 9.98. The van der Waals surface area contributed by atoms with Crippen LogP contribution in [-0.4, -0.2) is 0 Å². The first-order valence-electron chi connectivity index (χ1n) is 8.22. The monoisotopic (exact) mass is 352 g/mol. The Kier molecular flexibility index (Phi) is 4.61. The summed E-state index contributed by atoms with van der Waals surface area (Å²) in [6.07, 6.45) is 1.01. The lowest BCUT2D eigenvalue weighted by Gasteiger charge is -2.16. The van der Waals surface area contributed by atoms with E-state index in [9.17, 15) is 0 Å². The maximum absolute atomic E-state index is 6.24. The van der Waals surface area contributed by atoms with E-state index in [0.29, 0.717) is 6.04 Å². The molecule has 0 amide bonds. The van der Waals surface area contributed by atoms with Gasteiger partial charge in [-0.2, -0.15) is 0 Å². The van der Waals surface area contributed by atoms with Crippen molar-refractivity contribution in [3.63, 3.8) is 0 Å². The highest BCUT2D eigenvalue weighted by atomic mass is 35.5. The van der Waals surface area contributed by atoms with Crippen molar-refractivity contribution in [1.29, 1.82) is 0 Å². The van der Waals surface area contributed by atoms with E-state index in [2.05, 4.69) is 72.0 Å². The quantitative estimate of drug-likeness (QED) is 0.712. The number of halogens is 1. The van der Waals surface area contributed by atoms with E-state index in [0.717, 1.165) is 18.0 Å². The number of benzene rings is 3. The topological polar surface area (TPSA) is 16.6 Å². The Labute approximate surface area is 152 Å². The van der Waals surface area contributed by atoms with Gasteiger partial charge in [-0.3, -0.25) is 0 Å². The smallest absolute Gasteiger partial charge is 0.117 e. The molecule has 1 heterocycles. The minimum absolute atomic E-state index is 0.411. The highest BCUT2D eigenvalue weighted by Gasteiger charge is 2.25. The molecule has 3 aromatic carbocycles. The number of quaternary nitrogens is 1. The van der Waals surface area contributed by atoms with Crippen LogP contribution in [0.5, 0.6) is 0 Å². The third-order valence-electron chi connectivity index (χ3n) is 4.48. The van der Waals surface area contributed by atoms with Crippen LogP contribution in [0.4, 0.5) is 0 Å². The molecule has 1 nitrogen and oxygen atoms in total. The molecular formula is C21H19ClNS+. The molecule has 0 aromatic heterocycles. The summed E-state index contributed by atoms with van der Waals surface area (Å²) in [5.41, 5.74) is 4.13. The lowest BCUT2D eigenvalue weighted by Crippen LogP contribution is -2.84. The third-order valence-corrected chi connectivity index (χ3v) is 5.93. The molecule has 3 heteroatoms. The van der Waals surface area contributed by atoms with Gasteiger partial charge in [0.15, 0.2) is 0 Å². The van der Waals surface area contributed by atoms with Crippen molar-refractivity contribution >= 4 is 23.4 Å². The van der Waals surface area contributed by atoms with E-state index in [1.807, 2.05) is 17.8 Å². The van der Waals surface area contributed by atoms with Crippen molar-refractivity contribution in [1.82, 2.24) is 0 Å². The second kappa shape index (κ2) is 7.02. The first-order chi connectivity index (χ1) is 11.8. The number of nitrogens with two attached hydrogens (primary N) is 1. The molecule has 0 saturated heterocycles. The maximum atomic E-state index is 6.24.